The van der Waals surface area contributed by atoms with Gasteiger partial charge in [-0.2, -0.15) is 9.49 Å². The fraction of sp³-hybridized carbons (Fsp3) is 0.190. The van der Waals surface area contributed by atoms with Gasteiger partial charge in [0.05, 0.1) is 24.9 Å². The molecule has 1 heterocycles. The Balaban J connectivity index is 1.55. The van der Waals surface area contributed by atoms with E-state index in [0.717, 1.165) is 17.2 Å². The zero-order chi connectivity index (χ0) is 21.3. The molecule has 3 aromatic rings. The third kappa shape index (κ3) is 6.08. The Bertz CT molecular complexity index is 1040. The number of hydrogen-bond acceptors (Lipinski definition) is 7. The van der Waals surface area contributed by atoms with Crippen molar-refractivity contribution in [2.24, 2.45) is 5.10 Å². The number of anilines is 1. The van der Waals surface area contributed by atoms with Crippen molar-refractivity contribution < 1.29 is 23.0 Å². The Morgan fingerprint density at radius 3 is 2.93 bits per heavy atom. The minimum atomic E-state index is -1.01. The van der Waals surface area contributed by atoms with Crippen LogP contribution in [0.15, 0.2) is 52.9 Å². The highest BCUT2D eigenvalue weighted by Gasteiger charge is 2.09. The summed E-state index contributed by atoms with van der Waals surface area (Å²) in [7, 11) is 0. The molecule has 30 heavy (non-hydrogen) atoms. The second-order valence-corrected chi connectivity index (χ2v) is 6.94. The molecule has 9 heteroatoms. The summed E-state index contributed by atoms with van der Waals surface area (Å²) in [6, 6.07) is 11.1. The number of ether oxygens (including phenoxy) is 2. The minimum Gasteiger partial charge on any atom is -0.486 e. The number of hydrogen-bond donors (Lipinski definition) is 1. The van der Waals surface area contributed by atoms with Gasteiger partial charge in [0.2, 0.25) is 10.9 Å². The highest BCUT2D eigenvalue weighted by atomic mass is 32.1. The summed E-state index contributed by atoms with van der Waals surface area (Å²) in [5.41, 5.74) is 4.98. The summed E-state index contributed by atoms with van der Waals surface area (Å²) >= 11 is 1.33. The molecule has 0 amide bonds. The smallest absolute Gasteiger partial charge is 0.311 e. The molecule has 1 N–H and O–H groups in total. The van der Waals surface area contributed by atoms with Gasteiger partial charge in [0.15, 0.2) is 11.6 Å². The Morgan fingerprint density at radius 1 is 1.27 bits per heavy atom. The highest BCUT2D eigenvalue weighted by molar-refractivity contribution is 7.13. The molecule has 0 bridgehead atoms. The monoisotopic (exact) mass is 431 g/mol. The molecule has 0 atom stereocenters. The Kier molecular flexibility index (Phi) is 7.45. The number of nitrogens with zero attached hydrogens (tertiary/aromatic N) is 2. The topological polar surface area (TPSA) is 72.8 Å². The van der Waals surface area contributed by atoms with Crippen LogP contribution in [0.25, 0.3) is 0 Å². The van der Waals surface area contributed by atoms with Crippen LogP contribution in [0.3, 0.4) is 0 Å². The van der Waals surface area contributed by atoms with E-state index in [4.69, 9.17) is 9.47 Å². The van der Waals surface area contributed by atoms with E-state index in [1.165, 1.54) is 23.5 Å². The van der Waals surface area contributed by atoms with Gasteiger partial charge in [-0.1, -0.05) is 24.3 Å². The molecule has 0 unspecified atom stereocenters. The number of thiazole rings is 1. The van der Waals surface area contributed by atoms with Crippen molar-refractivity contribution in [1.82, 2.24) is 4.98 Å². The van der Waals surface area contributed by atoms with Crippen LogP contribution >= 0.6 is 11.3 Å². The number of rotatable bonds is 9. The third-order valence-corrected chi connectivity index (χ3v) is 4.61. The Hall–Kier alpha value is -3.33. The van der Waals surface area contributed by atoms with Gasteiger partial charge in [0.1, 0.15) is 6.61 Å². The van der Waals surface area contributed by atoms with Crippen molar-refractivity contribution >= 4 is 28.7 Å². The van der Waals surface area contributed by atoms with Crippen LogP contribution in [-0.2, 0) is 22.6 Å². The number of aromatic nitrogens is 1. The predicted molar refractivity (Wildman–Crippen MR) is 111 cm³/mol. The lowest BCUT2D eigenvalue weighted by molar-refractivity contribution is -0.142. The summed E-state index contributed by atoms with van der Waals surface area (Å²) in [4.78, 5) is 15.7. The first-order chi connectivity index (χ1) is 14.5. The molecule has 0 saturated carbocycles. The standard InChI is InChI=1S/C21H19F2N3O3S/c1-2-28-19(27)10-16-13-30-21(25-16)26-24-11-14-5-3-6-15(9-14)12-29-18-8-4-7-17(22)20(18)23/h3-9,11,13H,2,10,12H2,1H3,(H,25,26). The van der Waals surface area contributed by atoms with Crippen molar-refractivity contribution in [3.8, 4) is 5.75 Å². The van der Waals surface area contributed by atoms with Gasteiger partial charge in [-0.05, 0) is 36.2 Å². The van der Waals surface area contributed by atoms with E-state index in [9.17, 15) is 13.6 Å². The molecule has 0 fully saturated rings. The Labute approximate surface area is 176 Å². The maximum atomic E-state index is 13.7. The molecule has 0 aliphatic rings. The number of esters is 1. The van der Waals surface area contributed by atoms with Crippen LogP contribution in [0.2, 0.25) is 0 Å². The van der Waals surface area contributed by atoms with Crippen molar-refractivity contribution in [2.75, 3.05) is 12.0 Å². The second kappa shape index (κ2) is 10.4. The fourth-order valence-electron chi connectivity index (χ4n) is 2.48. The first-order valence-corrected chi connectivity index (χ1v) is 9.98. The zero-order valence-corrected chi connectivity index (χ0v) is 16.9. The van der Waals surface area contributed by atoms with Crippen molar-refractivity contribution in [1.29, 1.82) is 0 Å². The predicted octanol–water partition coefficient (Wildman–Crippen LogP) is 4.55. The van der Waals surface area contributed by atoms with Crippen LogP contribution in [0, 0.1) is 11.6 Å². The molecule has 0 radical (unpaired) electrons. The van der Waals surface area contributed by atoms with Gasteiger partial charge >= 0.3 is 5.97 Å². The van der Waals surface area contributed by atoms with Gasteiger partial charge in [0, 0.05) is 5.38 Å². The molecule has 1 aromatic heterocycles. The van der Waals surface area contributed by atoms with Crippen LogP contribution in [0.1, 0.15) is 23.7 Å². The molecule has 0 aliphatic carbocycles. The van der Waals surface area contributed by atoms with Gasteiger partial charge in [-0.3, -0.25) is 10.2 Å². The average molecular weight is 431 g/mol. The van der Waals surface area contributed by atoms with Gasteiger partial charge in [-0.15, -0.1) is 11.3 Å². The van der Waals surface area contributed by atoms with Crippen LogP contribution in [0.4, 0.5) is 13.9 Å². The first-order valence-electron chi connectivity index (χ1n) is 9.10. The van der Waals surface area contributed by atoms with E-state index >= 15 is 0 Å². The summed E-state index contributed by atoms with van der Waals surface area (Å²) in [5, 5.41) is 6.44. The van der Waals surface area contributed by atoms with Crippen molar-refractivity contribution in [3.05, 3.63) is 76.3 Å². The molecule has 2 aromatic carbocycles. The largest absolute Gasteiger partial charge is 0.486 e. The van der Waals surface area contributed by atoms with E-state index < -0.39 is 11.6 Å². The summed E-state index contributed by atoms with van der Waals surface area (Å²) in [5.74, 6) is -2.43. The molecular formula is C21H19F2N3O3S. The summed E-state index contributed by atoms with van der Waals surface area (Å²) in [6.07, 6.45) is 1.71. The van der Waals surface area contributed by atoms with Gasteiger partial charge < -0.3 is 9.47 Å². The molecule has 0 aliphatic heterocycles. The van der Waals surface area contributed by atoms with Crippen LogP contribution < -0.4 is 10.2 Å². The van der Waals surface area contributed by atoms with Crippen LogP contribution in [-0.4, -0.2) is 23.8 Å². The minimum absolute atomic E-state index is 0.0825. The van der Waals surface area contributed by atoms with Gasteiger partial charge in [0.25, 0.3) is 0 Å². The summed E-state index contributed by atoms with van der Waals surface area (Å²) < 4.78 is 37.2. The van der Waals surface area contributed by atoms with E-state index in [0.29, 0.717) is 17.4 Å². The number of carbonyl (C=O) groups is 1. The molecule has 6 nitrogen and oxygen atoms in total. The van der Waals surface area contributed by atoms with E-state index in [2.05, 4.69) is 15.5 Å². The number of nitrogens with one attached hydrogen (secondary N) is 1. The van der Waals surface area contributed by atoms with Crippen molar-refractivity contribution in [2.45, 2.75) is 20.0 Å². The molecule has 0 spiro atoms. The lowest BCUT2D eigenvalue weighted by Gasteiger charge is -2.08. The van der Waals surface area contributed by atoms with Crippen molar-refractivity contribution in [3.63, 3.8) is 0 Å². The van der Waals surface area contributed by atoms with Crippen LogP contribution in [0.5, 0.6) is 5.75 Å². The lowest BCUT2D eigenvalue weighted by atomic mass is 10.1. The Morgan fingerprint density at radius 2 is 2.10 bits per heavy atom. The van der Waals surface area contributed by atoms with Gasteiger partial charge in [-0.25, -0.2) is 9.37 Å². The maximum absolute atomic E-state index is 13.7. The number of benzene rings is 2. The maximum Gasteiger partial charge on any atom is 0.311 e. The fourth-order valence-corrected chi connectivity index (χ4v) is 3.14. The van der Waals surface area contributed by atoms with E-state index in [1.807, 2.05) is 24.3 Å². The molecular weight excluding hydrogens is 412 g/mol. The second-order valence-electron chi connectivity index (χ2n) is 6.08. The normalized spacial score (nSPS) is 10.9. The molecule has 0 saturated heterocycles. The van der Waals surface area contributed by atoms with E-state index in [-0.39, 0.29) is 24.7 Å². The SMILES string of the molecule is CCOC(=O)Cc1csc(NN=Cc2cccc(COc3cccc(F)c3F)c2)n1. The first kappa shape index (κ1) is 21.4. The quantitative estimate of drug-likeness (QED) is 0.306. The number of carbonyl (C=O) groups excluding carboxylic acids is 1. The molecule has 156 valence electrons. The lowest BCUT2D eigenvalue weighted by Crippen LogP contribution is -2.07. The zero-order valence-electron chi connectivity index (χ0n) is 16.1. The third-order valence-electron chi connectivity index (χ3n) is 3.82. The molecule has 3 rings (SSSR count). The highest BCUT2D eigenvalue weighted by Crippen LogP contribution is 2.20. The number of halogens is 2. The average Bonchev–Trinajstić information content (AvgIpc) is 3.16. The van der Waals surface area contributed by atoms with E-state index in [1.54, 1.807) is 18.5 Å². The summed E-state index contributed by atoms with van der Waals surface area (Å²) in [6.45, 7) is 2.17. The number of hydrazone groups is 1.